The number of hydrogen-bond donors (Lipinski definition) is 2. The second-order valence-corrected chi connectivity index (χ2v) is 10.1. The van der Waals surface area contributed by atoms with Gasteiger partial charge in [0.15, 0.2) is 5.17 Å². The zero-order valence-electron chi connectivity index (χ0n) is 18.8. The number of carbonyl (C=O) groups is 2. The number of halogens is 2. The van der Waals surface area contributed by atoms with Crippen LogP contribution in [0.1, 0.15) is 36.8 Å². The lowest BCUT2D eigenvalue weighted by molar-refractivity contribution is 0.102. The molecule has 3 heterocycles. The molecule has 0 radical (unpaired) electrons. The second kappa shape index (κ2) is 8.95. The average molecular weight is 491 g/mol. The molecule has 0 bridgehead atoms. The van der Waals surface area contributed by atoms with Crippen molar-refractivity contribution in [2.24, 2.45) is 10.9 Å². The minimum absolute atomic E-state index is 0.00386. The molecule has 4 rings (SSSR count). The van der Waals surface area contributed by atoms with Crippen LogP contribution in [0.5, 0.6) is 0 Å². The lowest BCUT2D eigenvalue weighted by atomic mass is 9.81. The number of benzene rings is 1. The fourth-order valence-electron chi connectivity index (χ4n) is 4.07. The van der Waals surface area contributed by atoms with Crippen LogP contribution in [0.4, 0.5) is 19.3 Å². The molecular weight excluding hydrogens is 466 g/mol. The number of hydrogen-bond acceptors (Lipinski definition) is 6. The minimum Gasteiger partial charge on any atom is -0.465 e. The molecule has 11 heteroatoms. The number of aliphatic imine (C=N–C) groups is 1. The number of rotatable bonds is 3. The highest BCUT2D eigenvalue weighted by Gasteiger charge is 2.51. The maximum Gasteiger partial charge on any atom is 0.413 e. The third-order valence-corrected chi connectivity index (χ3v) is 6.83. The van der Waals surface area contributed by atoms with Crippen molar-refractivity contribution in [3.8, 4) is 0 Å². The second-order valence-electron chi connectivity index (χ2n) is 9.14. The summed E-state index contributed by atoms with van der Waals surface area (Å²) in [7, 11) is 0. The number of carboxylic acid groups (broad SMARTS) is 1. The monoisotopic (exact) mass is 490 g/mol. The van der Waals surface area contributed by atoms with Gasteiger partial charge < -0.3 is 15.2 Å². The molecule has 1 aromatic carbocycles. The number of anilines is 1. The predicted molar refractivity (Wildman–Crippen MR) is 124 cm³/mol. The summed E-state index contributed by atoms with van der Waals surface area (Å²) in [5.41, 5.74) is -1.39. The molecular formula is C23H24F2N4O4S. The standard InChI is InChI=1S/C23H24F2N4O4S/c1-22(2,3)29(21(31)32)20-28-23(12-33-10-13(23)11-34-20)16-8-15(5-6-17(16)25)27-19(30)18-7-4-14(24)9-26-18/h4-9,13H,10-12H2,1-3H3,(H,27,30)(H,31,32). The number of ether oxygens (including phenoxy) is 1. The number of nitrogens with zero attached hydrogens (tertiary/aromatic N) is 3. The summed E-state index contributed by atoms with van der Waals surface area (Å²) < 4.78 is 34.0. The third kappa shape index (κ3) is 4.49. The van der Waals surface area contributed by atoms with E-state index in [1.807, 2.05) is 0 Å². The predicted octanol–water partition coefficient (Wildman–Crippen LogP) is 4.34. The fourth-order valence-corrected chi connectivity index (χ4v) is 5.50. The topological polar surface area (TPSA) is 104 Å². The van der Waals surface area contributed by atoms with E-state index in [4.69, 9.17) is 9.73 Å². The zero-order valence-corrected chi connectivity index (χ0v) is 19.7. The van der Waals surface area contributed by atoms with Crippen LogP contribution in [0.25, 0.3) is 0 Å². The molecule has 0 spiro atoms. The molecule has 180 valence electrons. The maximum absolute atomic E-state index is 15.2. The van der Waals surface area contributed by atoms with Crippen LogP contribution >= 0.6 is 11.8 Å². The SMILES string of the molecule is CC(C)(C)N(C(=O)O)C1=NC2(c3cc(NC(=O)c4ccc(F)cn4)ccc3F)COCC2CS1. The number of amidine groups is 1. The fraction of sp³-hybridized carbons (Fsp3) is 0.391. The van der Waals surface area contributed by atoms with Crippen LogP contribution in [0.2, 0.25) is 0 Å². The van der Waals surface area contributed by atoms with E-state index in [9.17, 15) is 19.1 Å². The lowest BCUT2D eigenvalue weighted by Gasteiger charge is -2.40. The number of nitrogens with one attached hydrogen (secondary N) is 1. The van der Waals surface area contributed by atoms with Crippen LogP contribution in [-0.2, 0) is 10.3 Å². The normalized spacial score (nSPS) is 22.0. The highest BCUT2D eigenvalue weighted by Crippen LogP contribution is 2.47. The summed E-state index contributed by atoms with van der Waals surface area (Å²) in [4.78, 5) is 34.3. The number of carbonyl (C=O) groups excluding carboxylic acids is 1. The van der Waals surface area contributed by atoms with Crippen molar-refractivity contribution in [3.05, 3.63) is 59.4 Å². The van der Waals surface area contributed by atoms with Gasteiger partial charge in [0.1, 0.15) is 22.9 Å². The summed E-state index contributed by atoms with van der Waals surface area (Å²) >= 11 is 1.30. The van der Waals surface area contributed by atoms with Gasteiger partial charge in [0.05, 0.1) is 19.4 Å². The number of fused-ring (bicyclic) bond motifs is 1. The number of pyridine rings is 1. The molecule has 34 heavy (non-hydrogen) atoms. The Morgan fingerprint density at radius 3 is 2.68 bits per heavy atom. The molecule has 1 aromatic heterocycles. The number of amides is 2. The van der Waals surface area contributed by atoms with E-state index in [2.05, 4.69) is 10.3 Å². The average Bonchev–Trinajstić information content (AvgIpc) is 3.18. The Labute approximate surface area is 199 Å². The Bertz CT molecular complexity index is 1150. The van der Waals surface area contributed by atoms with Crippen molar-refractivity contribution in [3.63, 3.8) is 0 Å². The van der Waals surface area contributed by atoms with Crippen molar-refractivity contribution in [2.75, 3.05) is 24.3 Å². The molecule has 1 fully saturated rings. The first kappa shape index (κ1) is 24.1. The molecule has 2 aromatic rings. The molecule has 0 aliphatic carbocycles. The molecule has 2 amide bonds. The van der Waals surface area contributed by atoms with Gasteiger partial charge in [-0.15, -0.1) is 0 Å². The molecule has 2 aliphatic heterocycles. The maximum atomic E-state index is 15.2. The van der Waals surface area contributed by atoms with Crippen molar-refractivity contribution in [2.45, 2.75) is 31.8 Å². The molecule has 1 saturated heterocycles. The molecule has 0 saturated carbocycles. The molecule has 2 unspecified atom stereocenters. The van der Waals surface area contributed by atoms with E-state index >= 15 is 4.39 Å². The highest BCUT2D eigenvalue weighted by molar-refractivity contribution is 8.13. The first-order valence-corrected chi connectivity index (χ1v) is 11.6. The van der Waals surface area contributed by atoms with E-state index in [1.165, 1.54) is 40.9 Å². The van der Waals surface area contributed by atoms with E-state index in [0.29, 0.717) is 18.0 Å². The number of aromatic nitrogens is 1. The summed E-state index contributed by atoms with van der Waals surface area (Å²) in [6.45, 7) is 5.70. The van der Waals surface area contributed by atoms with Crippen LogP contribution in [0, 0.1) is 17.6 Å². The number of thioether (sulfide) groups is 1. The van der Waals surface area contributed by atoms with Crippen LogP contribution < -0.4 is 5.32 Å². The largest absolute Gasteiger partial charge is 0.465 e. The van der Waals surface area contributed by atoms with Gasteiger partial charge in [-0.2, -0.15) is 0 Å². The van der Waals surface area contributed by atoms with Crippen LogP contribution in [0.3, 0.4) is 0 Å². The first-order valence-electron chi connectivity index (χ1n) is 10.6. The van der Waals surface area contributed by atoms with Gasteiger partial charge in [-0.3, -0.25) is 9.69 Å². The summed E-state index contributed by atoms with van der Waals surface area (Å²) in [6, 6.07) is 6.48. The highest BCUT2D eigenvalue weighted by atomic mass is 32.2. The summed E-state index contributed by atoms with van der Waals surface area (Å²) in [5.74, 6) is -1.38. The molecule has 8 nitrogen and oxygen atoms in total. The van der Waals surface area contributed by atoms with Crippen LogP contribution in [0.15, 0.2) is 41.5 Å². The first-order chi connectivity index (χ1) is 16.0. The van der Waals surface area contributed by atoms with Crippen molar-refractivity contribution >= 4 is 34.6 Å². The Hall–Kier alpha value is -3.05. The molecule has 2 atom stereocenters. The summed E-state index contributed by atoms with van der Waals surface area (Å²) in [6.07, 6.45) is -0.219. The Morgan fingerprint density at radius 2 is 2.03 bits per heavy atom. The third-order valence-electron chi connectivity index (χ3n) is 5.73. The van der Waals surface area contributed by atoms with Crippen molar-refractivity contribution < 1.29 is 28.2 Å². The Kier molecular flexibility index (Phi) is 6.34. The van der Waals surface area contributed by atoms with Crippen LogP contribution in [-0.4, -0.2) is 56.7 Å². The van der Waals surface area contributed by atoms with Gasteiger partial charge in [-0.05, 0) is 51.1 Å². The van der Waals surface area contributed by atoms with E-state index in [0.717, 1.165) is 12.3 Å². The molecule has 2 aliphatic rings. The van der Waals surface area contributed by atoms with E-state index < -0.39 is 34.7 Å². The zero-order chi connectivity index (χ0) is 24.7. The van der Waals surface area contributed by atoms with Crippen molar-refractivity contribution in [1.82, 2.24) is 9.88 Å². The van der Waals surface area contributed by atoms with E-state index in [1.54, 1.807) is 20.8 Å². The smallest absolute Gasteiger partial charge is 0.413 e. The minimum atomic E-state index is -1.15. The Balaban J connectivity index is 1.73. The molecule has 2 N–H and O–H groups in total. The van der Waals surface area contributed by atoms with Gasteiger partial charge in [0.2, 0.25) is 0 Å². The van der Waals surface area contributed by atoms with Gasteiger partial charge in [0.25, 0.3) is 5.91 Å². The van der Waals surface area contributed by atoms with Gasteiger partial charge in [-0.1, -0.05) is 11.8 Å². The van der Waals surface area contributed by atoms with Gasteiger partial charge in [-0.25, -0.2) is 23.6 Å². The lowest BCUT2D eigenvalue weighted by Crippen LogP contribution is -2.51. The Morgan fingerprint density at radius 1 is 1.26 bits per heavy atom. The quantitative estimate of drug-likeness (QED) is 0.664. The van der Waals surface area contributed by atoms with E-state index in [-0.39, 0.29) is 28.9 Å². The summed E-state index contributed by atoms with van der Waals surface area (Å²) in [5, 5.41) is 12.7. The van der Waals surface area contributed by atoms with Gasteiger partial charge >= 0.3 is 6.09 Å². The van der Waals surface area contributed by atoms with Gasteiger partial charge in [0, 0.05) is 28.5 Å². The van der Waals surface area contributed by atoms with Crippen molar-refractivity contribution in [1.29, 1.82) is 0 Å².